The second kappa shape index (κ2) is 7.50. The maximum Gasteiger partial charge on any atom is 0.255 e. The second-order valence-electron chi connectivity index (χ2n) is 5.33. The predicted octanol–water partition coefficient (Wildman–Crippen LogP) is 2.60. The predicted molar refractivity (Wildman–Crippen MR) is 95.3 cm³/mol. The molecule has 7 nitrogen and oxygen atoms in total. The van der Waals surface area contributed by atoms with Gasteiger partial charge in [0.1, 0.15) is 6.10 Å². The molecule has 0 aliphatic carbocycles. The summed E-state index contributed by atoms with van der Waals surface area (Å²) in [6.45, 7) is 1.37. The van der Waals surface area contributed by atoms with E-state index in [1.54, 1.807) is 0 Å². The van der Waals surface area contributed by atoms with Crippen LogP contribution in [0.1, 0.15) is 6.92 Å². The van der Waals surface area contributed by atoms with Crippen molar-refractivity contribution in [1.82, 2.24) is 15.0 Å². The van der Waals surface area contributed by atoms with Gasteiger partial charge in [0.15, 0.2) is 5.82 Å². The molecule has 0 saturated carbocycles. The Kier molecular flexibility index (Phi) is 4.96. The molecular weight excluding hydrogens is 318 g/mol. The fourth-order valence-corrected chi connectivity index (χ4v) is 2.07. The summed E-state index contributed by atoms with van der Waals surface area (Å²) in [6.07, 6.45) is -1.16. The summed E-state index contributed by atoms with van der Waals surface area (Å²) in [5, 5.41) is 14.9. The molecule has 2 aromatic carbocycles. The Balaban J connectivity index is 1.97. The summed E-state index contributed by atoms with van der Waals surface area (Å²) in [5.41, 5.74) is 1.59. The number of para-hydroxylation sites is 1. The Bertz CT molecular complexity index is 854. The van der Waals surface area contributed by atoms with Crippen LogP contribution in [-0.4, -0.2) is 32.1 Å². The normalized spacial score (nSPS) is 11.6. The molecule has 0 saturated heterocycles. The largest absolute Gasteiger partial charge is 0.384 e. The first-order valence-electron chi connectivity index (χ1n) is 7.74. The number of rotatable bonds is 5. The van der Waals surface area contributed by atoms with Crippen molar-refractivity contribution in [2.24, 2.45) is 0 Å². The van der Waals surface area contributed by atoms with Crippen molar-refractivity contribution in [3.05, 3.63) is 60.7 Å². The average molecular weight is 335 g/mol. The fraction of sp³-hybridized carbons (Fsp3) is 0.111. The molecule has 3 N–H and O–H groups in total. The van der Waals surface area contributed by atoms with E-state index in [1.807, 2.05) is 60.7 Å². The van der Waals surface area contributed by atoms with E-state index in [0.29, 0.717) is 11.8 Å². The van der Waals surface area contributed by atoms with Crippen molar-refractivity contribution in [2.45, 2.75) is 13.0 Å². The molecular formula is C18H17N5O2. The van der Waals surface area contributed by atoms with Crippen LogP contribution in [0, 0.1) is 0 Å². The second-order valence-corrected chi connectivity index (χ2v) is 5.33. The summed E-state index contributed by atoms with van der Waals surface area (Å²) < 4.78 is 0. The topological polar surface area (TPSA) is 100 Å². The minimum absolute atomic E-state index is 0.0678. The number of nitrogens with one attached hydrogen (secondary N) is 2. The third kappa shape index (κ3) is 4.36. The first kappa shape index (κ1) is 16.5. The van der Waals surface area contributed by atoms with E-state index in [9.17, 15) is 9.90 Å². The first-order chi connectivity index (χ1) is 12.1. The van der Waals surface area contributed by atoms with Gasteiger partial charge >= 0.3 is 0 Å². The zero-order chi connectivity index (χ0) is 17.6. The van der Waals surface area contributed by atoms with Crippen molar-refractivity contribution < 1.29 is 9.90 Å². The van der Waals surface area contributed by atoms with E-state index >= 15 is 0 Å². The van der Waals surface area contributed by atoms with Gasteiger partial charge in [-0.3, -0.25) is 10.1 Å². The maximum atomic E-state index is 11.7. The Morgan fingerprint density at radius 1 is 0.920 bits per heavy atom. The van der Waals surface area contributed by atoms with E-state index in [1.165, 1.54) is 6.92 Å². The quantitative estimate of drug-likeness (QED) is 0.663. The van der Waals surface area contributed by atoms with Crippen molar-refractivity contribution in [3.8, 4) is 11.4 Å². The van der Waals surface area contributed by atoms with E-state index < -0.39 is 12.0 Å². The Hall–Kier alpha value is -3.32. The number of amides is 1. The number of carbonyl (C=O) groups is 1. The van der Waals surface area contributed by atoms with Gasteiger partial charge in [0, 0.05) is 11.3 Å². The number of aliphatic hydroxyl groups excluding tert-OH is 1. The van der Waals surface area contributed by atoms with Crippen LogP contribution in [0.2, 0.25) is 0 Å². The van der Waals surface area contributed by atoms with Crippen LogP contribution in [0.4, 0.5) is 17.6 Å². The third-order valence-electron chi connectivity index (χ3n) is 3.31. The number of nitrogens with zero attached hydrogens (tertiary/aromatic N) is 3. The van der Waals surface area contributed by atoms with Crippen LogP contribution in [0.25, 0.3) is 11.4 Å². The van der Waals surface area contributed by atoms with Gasteiger partial charge in [-0.1, -0.05) is 48.5 Å². The number of hydrogen-bond donors (Lipinski definition) is 3. The van der Waals surface area contributed by atoms with Gasteiger partial charge in [-0.2, -0.15) is 15.0 Å². The van der Waals surface area contributed by atoms with Crippen LogP contribution in [0.5, 0.6) is 0 Å². The smallest absolute Gasteiger partial charge is 0.255 e. The number of anilines is 3. The third-order valence-corrected chi connectivity index (χ3v) is 3.31. The molecule has 1 atom stereocenters. The maximum absolute atomic E-state index is 11.7. The lowest BCUT2D eigenvalue weighted by atomic mass is 10.2. The molecule has 126 valence electrons. The van der Waals surface area contributed by atoms with Gasteiger partial charge < -0.3 is 10.4 Å². The fourth-order valence-electron chi connectivity index (χ4n) is 2.07. The van der Waals surface area contributed by atoms with Gasteiger partial charge in [-0.05, 0) is 19.1 Å². The molecule has 0 aliphatic heterocycles. The van der Waals surface area contributed by atoms with Crippen LogP contribution >= 0.6 is 0 Å². The van der Waals surface area contributed by atoms with Gasteiger partial charge in [0.25, 0.3) is 5.91 Å². The molecule has 0 spiro atoms. The highest BCUT2D eigenvalue weighted by Crippen LogP contribution is 2.20. The van der Waals surface area contributed by atoms with Crippen molar-refractivity contribution in [3.63, 3.8) is 0 Å². The molecule has 1 heterocycles. The summed E-state index contributed by atoms with van der Waals surface area (Å²) in [5.74, 6) is 0.185. The zero-order valence-corrected chi connectivity index (χ0v) is 13.5. The van der Waals surface area contributed by atoms with Crippen molar-refractivity contribution >= 4 is 23.5 Å². The molecule has 25 heavy (non-hydrogen) atoms. The number of benzene rings is 2. The van der Waals surface area contributed by atoms with Gasteiger partial charge in [0.05, 0.1) is 0 Å². The summed E-state index contributed by atoms with van der Waals surface area (Å²) in [4.78, 5) is 24.6. The summed E-state index contributed by atoms with van der Waals surface area (Å²) >= 11 is 0. The van der Waals surface area contributed by atoms with E-state index in [0.717, 1.165) is 11.3 Å². The Labute approximate surface area is 144 Å². The van der Waals surface area contributed by atoms with Crippen LogP contribution < -0.4 is 10.6 Å². The molecule has 0 fully saturated rings. The highest BCUT2D eigenvalue weighted by molar-refractivity contribution is 5.92. The van der Waals surface area contributed by atoms with Gasteiger partial charge in [0.2, 0.25) is 11.9 Å². The summed E-state index contributed by atoms with van der Waals surface area (Å²) in [6, 6.07) is 18.8. The van der Waals surface area contributed by atoms with Crippen molar-refractivity contribution in [1.29, 1.82) is 0 Å². The van der Waals surface area contributed by atoms with Crippen molar-refractivity contribution in [2.75, 3.05) is 10.6 Å². The lowest BCUT2D eigenvalue weighted by Gasteiger charge is -2.10. The highest BCUT2D eigenvalue weighted by atomic mass is 16.3. The lowest BCUT2D eigenvalue weighted by Crippen LogP contribution is -2.26. The summed E-state index contributed by atoms with van der Waals surface area (Å²) in [7, 11) is 0. The molecule has 0 radical (unpaired) electrons. The lowest BCUT2D eigenvalue weighted by molar-refractivity contribution is -0.123. The van der Waals surface area contributed by atoms with Gasteiger partial charge in [-0.25, -0.2) is 0 Å². The molecule has 1 aromatic heterocycles. The number of aromatic nitrogens is 3. The van der Waals surface area contributed by atoms with Crippen LogP contribution in [0.3, 0.4) is 0 Å². The number of hydrogen-bond acceptors (Lipinski definition) is 6. The average Bonchev–Trinajstić information content (AvgIpc) is 2.63. The standard InChI is InChI=1S/C18H17N5O2/c1-12(24)16(25)22-18-21-15(13-8-4-2-5-9-13)20-17(23-18)19-14-10-6-3-7-11-14/h2-12,24H,1H3,(H2,19,20,21,22,23,25). The highest BCUT2D eigenvalue weighted by Gasteiger charge is 2.14. The molecule has 0 bridgehead atoms. The monoisotopic (exact) mass is 335 g/mol. The Morgan fingerprint density at radius 2 is 1.52 bits per heavy atom. The number of aliphatic hydroxyl groups is 1. The molecule has 3 rings (SSSR count). The minimum atomic E-state index is -1.16. The first-order valence-corrected chi connectivity index (χ1v) is 7.74. The van der Waals surface area contributed by atoms with E-state index in [2.05, 4.69) is 25.6 Å². The molecule has 1 amide bonds. The van der Waals surface area contributed by atoms with E-state index in [-0.39, 0.29) is 5.95 Å². The molecule has 7 heteroatoms. The molecule has 3 aromatic rings. The van der Waals surface area contributed by atoms with Gasteiger partial charge in [-0.15, -0.1) is 0 Å². The number of carbonyl (C=O) groups excluding carboxylic acids is 1. The zero-order valence-electron chi connectivity index (χ0n) is 13.5. The molecule has 0 aliphatic rings. The molecule has 1 unspecified atom stereocenters. The van der Waals surface area contributed by atoms with Crippen LogP contribution in [-0.2, 0) is 4.79 Å². The van der Waals surface area contributed by atoms with E-state index in [4.69, 9.17) is 0 Å². The minimum Gasteiger partial charge on any atom is -0.384 e. The SMILES string of the molecule is CC(O)C(=O)Nc1nc(Nc2ccccc2)nc(-c2ccccc2)n1. The Morgan fingerprint density at radius 3 is 2.16 bits per heavy atom. The van der Waals surface area contributed by atoms with Crippen LogP contribution in [0.15, 0.2) is 60.7 Å².